The monoisotopic (exact) mass is 202 g/mol. The van der Waals surface area contributed by atoms with E-state index in [4.69, 9.17) is 10.9 Å². The van der Waals surface area contributed by atoms with Gasteiger partial charge in [0.15, 0.2) is 17.4 Å². The first-order valence-corrected chi connectivity index (χ1v) is 4.24. The van der Waals surface area contributed by atoms with Gasteiger partial charge < -0.3 is 5.11 Å². The summed E-state index contributed by atoms with van der Waals surface area (Å²) >= 11 is 0. The van der Waals surface area contributed by atoms with Gasteiger partial charge in [-0.05, 0) is 24.1 Å². The summed E-state index contributed by atoms with van der Waals surface area (Å²) in [5.41, 5.74) is 2.80. The van der Waals surface area contributed by atoms with E-state index in [9.17, 15) is 8.78 Å². The Morgan fingerprint density at radius 3 is 2.29 bits per heavy atom. The Kier molecular flexibility index (Phi) is 3.38. The van der Waals surface area contributed by atoms with Crippen LogP contribution in [0.25, 0.3) is 0 Å². The summed E-state index contributed by atoms with van der Waals surface area (Å²) in [6.07, 6.45) is 0.597. The molecule has 78 valence electrons. The van der Waals surface area contributed by atoms with Crippen LogP contribution in [0, 0.1) is 11.6 Å². The molecule has 1 atom stereocenters. The van der Waals surface area contributed by atoms with Crippen LogP contribution < -0.4 is 11.3 Å². The van der Waals surface area contributed by atoms with E-state index >= 15 is 0 Å². The predicted octanol–water partition coefficient (Wildman–Crippen LogP) is 1.58. The topological polar surface area (TPSA) is 58.3 Å². The second kappa shape index (κ2) is 4.34. The number of benzene rings is 1. The summed E-state index contributed by atoms with van der Waals surface area (Å²) in [6, 6.07) is 1.80. The van der Waals surface area contributed by atoms with Crippen molar-refractivity contribution in [1.82, 2.24) is 5.43 Å². The van der Waals surface area contributed by atoms with Crippen molar-refractivity contribution in [3.8, 4) is 5.75 Å². The first kappa shape index (κ1) is 10.9. The normalized spacial score (nSPS) is 12.9. The minimum Gasteiger partial charge on any atom is -0.503 e. The fraction of sp³-hybridized carbons (Fsp3) is 0.333. The zero-order valence-corrected chi connectivity index (χ0v) is 7.72. The Hall–Kier alpha value is -1.20. The Morgan fingerprint density at radius 1 is 1.43 bits per heavy atom. The minimum absolute atomic E-state index is 0.320. The fourth-order valence-electron chi connectivity index (χ4n) is 1.24. The quantitative estimate of drug-likeness (QED) is 0.515. The van der Waals surface area contributed by atoms with Crippen LogP contribution in [0.2, 0.25) is 0 Å². The highest BCUT2D eigenvalue weighted by Crippen LogP contribution is 2.25. The molecule has 1 rings (SSSR count). The van der Waals surface area contributed by atoms with Gasteiger partial charge in [0.1, 0.15) is 0 Å². The lowest BCUT2D eigenvalue weighted by molar-refractivity contribution is 0.393. The lowest BCUT2D eigenvalue weighted by atomic mass is 10.0. The van der Waals surface area contributed by atoms with Gasteiger partial charge in [0.2, 0.25) is 0 Å². The third-order valence-electron chi connectivity index (χ3n) is 2.05. The molecule has 14 heavy (non-hydrogen) atoms. The molecular formula is C9H12F2N2O. The van der Waals surface area contributed by atoms with Crippen molar-refractivity contribution in [1.29, 1.82) is 0 Å². The molecule has 0 unspecified atom stereocenters. The molecule has 1 aromatic carbocycles. The van der Waals surface area contributed by atoms with Gasteiger partial charge >= 0.3 is 0 Å². The van der Waals surface area contributed by atoms with Gasteiger partial charge in [0.25, 0.3) is 0 Å². The highest BCUT2D eigenvalue weighted by Gasteiger charge is 2.14. The molecule has 0 heterocycles. The van der Waals surface area contributed by atoms with Crippen LogP contribution in [0.5, 0.6) is 5.75 Å². The number of rotatable bonds is 3. The van der Waals surface area contributed by atoms with E-state index in [1.165, 1.54) is 0 Å². The number of hydrogen-bond donors (Lipinski definition) is 3. The number of aromatic hydroxyl groups is 1. The first-order valence-electron chi connectivity index (χ1n) is 4.24. The number of nitrogens with one attached hydrogen (secondary N) is 1. The van der Waals surface area contributed by atoms with Crippen molar-refractivity contribution >= 4 is 0 Å². The molecule has 0 aliphatic rings. The van der Waals surface area contributed by atoms with Gasteiger partial charge in [0, 0.05) is 6.04 Å². The molecule has 5 heteroatoms. The van der Waals surface area contributed by atoms with Crippen molar-refractivity contribution in [2.45, 2.75) is 19.4 Å². The molecule has 0 aliphatic heterocycles. The standard InChI is InChI=1S/C9H12F2N2O/c1-2-8(13-12)5-3-6(10)9(14)7(11)4-5/h3-4,8,13-14H,2,12H2,1H3/t8-/m1/s1. The molecule has 0 amide bonds. The van der Waals surface area contributed by atoms with E-state index in [1.54, 1.807) is 0 Å². The van der Waals surface area contributed by atoms with Gasteiger partial charge in [0.05, 0.1) is 0 Å². The fourth-order valence-corrected chi connectivity index (χ4v) is 1.24. The molecule has 0 spiro atoms. The van der Waals surface area contributed by atoms with E-state index < -0.39 is 17.4 Å². The molecule has 0 aromatic heterocycles. The van der Waals surface area contributed by atoms with Crippen molar-refractivity contribution < 1.29 is 13.9 Å². The van der Waals surface area contributed by atoms with Crippen LogP contribution in [-0.4, -0.2) is 5.11 Å². The third kappa shape index (κ3) is 2.00. The first-order chi connectivity index (χ1) is 6.60. The van der Waals surface area contributed by atoms with Gasteiger partial charge in [-0.15, -0.1) is 0 Å². The van der Waals surface area contributed by atoms with E-state index in [1.807, 2.05) is 6.92 Å². The van der Waals surface area contributed by atoms with E-state index in [2.05, 4.69) is 5.43 Å². The summed E-state index contributed by atoms with van der Waals surface area (Å²) < 4.78 is 25.8. The number of nitrogens with two attached hydrogens (primary N) is 1. The van der Waals surface area contributed by atoms with Crippen molar-refractivity contribution in [3.63, 3.8) is 0 Å². The SMILES string of the molecule is CC[C@@H](NN)c1cc(F)c(O)c(F)c1. The second-order valence-electron chi connectivity index (χ2n) is 2.96. The molecule has 0 saturated heterocycles. The maximum Gasteiger partial charge on any atom is 0.187 e. The van der Waals surface area contributed by atoms with E-state index in [0.717, 1.165) is 12.1 Å². The number of hydrogen-bond acceptors (Lipinski definition) is 3. The van der Waals surface area contributed by atoms with Crippen LogP contribution in [0.15, 0.2) is 12.1 Å². The zero-order chi connectivity index (χ0) is 10.7. The summed E-state index contributed by atoms with van der Waals surface area (Å²) in [4.78, 5) is 0. The van der Waals surface area contributed by atoms with Crippen molar-refractivity contribution in [2.24, 2.45) is 5.84 Å². The number of phenols is 1. The van der Waals surface area contributed by atoms with Crippen LogP contribution in [0.3, 0.4) is 0 Å². The Bertz CT molecular complexity index is 304. The van der Waals surface area contributed by atoms with Crippen molar-refractivity contribution in [3.05, 3.63) is 29.3 Å². The van der Waals surface area contributed by atoms with Crippen LogP contribution in [0.4, 0.5) is 8.78 Å². The van der Waals surface area contributed by atoms with Gasteiger partial charge in [-0.25, -0.2) is 8.78 Å². The summed E-state index contributed by atoms with van der Waals surface area (Å²) in [5, 5.41) is 8.86. The highest BCUT2D eigenvalue weighted by atomic mass is 19.1. The molecule has 0 bridgehead atoms. The van der Waals surface area contributed by atoms with Crippen molar-refractivity contribution in [2.75, 3.05) is 0 Å². The van der Waals surface area contributed by atoms with Crippen LogP contribution >= 0.6 is 0 Å². The molecule has 3 nitrogen and oxygen atoms in total. The smallest absolute Gasteiger partial charge is 0.187 e. The number of hydrazine groups is 1. The molecule has 0 aliphatic carbocycles. The van der Waals surface area contributed by atoms with Crippen LogP contribution in [0.1, 0.15) is 24.9 Å². The molecule has 0 radical (unpaired) electrons. The molecule has 4 N–H and O–H groups in total. The van der Waals surface area contributed by atoms with Gasteiger partial charge in [-0.2, -0.15) is 0 Å². The average molecular weight is 202 g/mol. The Morgan fingerprint density at radius 2 is 1.93 bits per heavy atom. The van der Waals surface area contributed by atoms with Gasteiger partial charge in [-0.1, -0.05) is 6.92 Å². The summed E-state index contributed by atoms with van der Waals surface area (Å²) in [7, 11) is 0. The predicted molar refractivity (Wildman–Crippen MR) is 48.4 cm³/mol. The summed E-state index contributed by atoms with van der Waals surface area (Å²) in [6.45, 7) is 1.83. The minimum atomic E-state index is -0.978. The maximum atomic E-state index is 12.9. The lowest BCUT2D eigenvalue weighted by Crippen LogP contribution is -2.27. The van der Waals surface area contributed by atoms with E-state index in [-0.39, 0.29) is 6.04 Å². The highest BCUT2D eigenvalue weighted by molar-refractivity contribution is 5.31. The molecule has 0 saturated carbocycles. The van der Waals surface area contributed by atoms with Gasteiger partial charge in [-0.3, -0.25) is 11.3 Å². The second-order valence-corrected chi connectivity index (χ2v) is 2.96. The largest absolute Gasteiger partial charge is 0.503 e. The molecule has 1 aromatic rings. The Balaban J connectivity index is 3.11. The number of halogens is 2. The zero-order valence-electron chi connectivity index (χ0n) is 7.72. The van der Waals surface area contributed by atoms with Crippen LogP contribution in [-0.2, 0) is 0 Å². The summed E-state index contributed by atoms with van der Waals surface area (Å²) in [5.74, 6) is 2.28. The molecule has 0 fully saturated rings. The third-order valence-corrected chi connectivity index (χ3v) is 2.05. The van der Waals surface area contributed by atoms with E-state index in [0.29, 0.717) is 12.0 Å². The maximum absolute atomic E-state index is 12.9. The average Bonchev–Trinajstić information content (AvgIpc) is 2.16. The number of phenolic OH excluding ortho intramolecular Hbond substituents is 1. The molecular weight excluding hydrogens is 190 g/mol. The lowest BCUT2D eigenvalue weighted by Gasteiger charge is -2.14. The Labute approximate surface area is 80.5 Å².